The Bertz CT molecular complexity index is 1020. The van der Waals surface area contributed by atoms with Crippen LogP contribution in [0.3, 0.4) is 0 Å². The van der Waals surface area contributed by atoms with E-state index in [0.29, 0.717) is 5.56 Å². The lowest BCUT2D eigenvalue weighted by Crippen LogP contribution is -2.26. The van der Waals surface area contributed by atoms with Crippen LogP contribution in [0.1, 0.15) is 27.0 Å². The molecule has 0 bridgehead atoms. The summed E-state index contributed by atoms with van der Waals surface area (Å²) in [5.74, 6) is -0.204. The standard InChI is InChI=1S/C25H27N3O2/c1-17-14-18(2)24(19(3)15-17)27-23(29)16-26-21-12-10-20(11-13-21)25(30)28(4)22-8-6-5-7-9-22/h5-15,26H,16H2,1-4H3,(H,27,29). The molecule has 0 aliphatic carbocycles. The molecule has 0 spiro atoms. The Labute approximate surface area is 177 Å². The molecule has 0 aliphatic rings. The van der Waals surface area contributed by atoms with E-state index in [0.717, 1.165) is 28.2 Å². The Morgan fingerprint density at radius 3 is 2.07 bits per heavy atom. The van der Waals surface area contributed by atoms with Gasteiger partial charge in [0.25, 0.3) is 5.91 Å². The molecule has 30 heavy (non-hydrogen) atoms. The molecule has 2 amide bonds. The van der Waals surface area contributed by atoms with Crippen LogP contribution < -0.4 is 15.5 Å². The third kappa shape index (κ3) is 5.06. The maximum absolute atomic E-state index is 12.7. The summed E-state index contributed by atoms with van der Waals surface area (Å²) in [6.07, 6.45) is 0. The van der Waals surface area contributed by atoms with Gasteiger partial charge in [0, 0.05) is 29.7 Å². The Morgan fingerprint density at radius 1 is 0.867 bits per heavy atom. The molecule has 154 valence electrons. The van der Waals surface area contributed by atoms with Gasteiger partial charge in [0.1, 0.15) is 0 Å². The van der Waals surface area contributed by atoms with E-state index in [1.54, 1.807) is 24.1 Å². The van der Waals surface area contributed by atoms with Crippen LogP contribution in [0.2, 0.25) is 0 Å². The summed E-state index contributed by atoms with van der Waals surface area (Å²) in [6, 6.07) is 20.7. The largest absolute Gasteiger partial charge is 0.376 e. The van der Waals surface area contributed by atoms with Gasteiger partial charge in [-0.1, -0.05) is 35.9 Å². The highest BCUT2D eigenvalue weighted by Crippen LogP contribution is 2.22. The lowest BCUT2D eigenvalue weighted by Gasteiger charge is -2.17. The average molecular weight is 402 g/mol. The number of benzene rings is 3. The van der Waals surface area contributed by atoms with Gasteiger partial charge in [0.15, 0.2) is 0 Å². The van der Waals surface area contributed by atoms with Crippen molar-refractivity contribution in [2.75, 3.05) is 29.1 Å². The Morgan fingerprint density at radius 2 is 1.47 bits per heavy atom. The molecule has 0 aliphatic heterocycles. The first kappa shape index (κ1) is 21.1. The monoisotopic (exact) mass is 401 g/mol. The number of hydrogen-bond acceptors (Lipinski definition) is 3. The number of carbonyl (C=O) groups is 2. The van der Waals surface area contributed by atoms with E-state index < -0.39 is 0 Å². The zero-order valence-electron chi connectivity index (χ0n) is 17.8. The molecule has 5 nitrogen and oxygen atoms in total. The third-order valence-corrected chi connectivity index (χ3v) is 4.97. The maximum atomic E-state index is 12.7. The summed E-state index contributed by atoms with van der Waals surface area (Å²) in [5.41, 5.74) is 6.33. The van der Waals surface area contributed by atoms with Crippen molar-refractivity contribution in [3.05, 3.63) is 89.0 Å². The van der Waals surface area contributed by atoms with E-state index in [1.807, 2.05) is 63.2 Å². The van der Waals surface area contributed by atoms with Crippen molar-refractivity contribution in [3.63, 3.8) is 0 Å². The number of nitrogens with zero attached hydrogens (tertiary/aromatic N) is 1. The summed E-state index contributed by atoms with van der Waals surface area (Å²) in [7, 11) is 1.75. The Kier molecular flexibility index (Phi) is 6.52. The fraction of sp³-hybridized carbons (Fsp3) is 0.200. The highest BCUT2D eigenvalue weighted by Gasteiger charge is 2.13. The maximum Gasteiger partial charge on any atom is 0.258 e. The minimum absolute atomic E-state index is 0.0872. The predicted octanol–water partition coefficient (Wildman–Crippen LogP) is 4.94. The van der Waals surface area contributed by atoms with E-state index in [4.69, 9.17) is 0 Å². The molecule has 3 aromatic rings. The summed E-state index contributed by atoms with van der Waals surface area (Å²) < 4.78 is 0. The Balaban J connectivity index is 1.58. The van der Waals surface area contributed by atoms with Crippen LogP contribution >= 0.6 is 0 Å². The van der Waals surface area contributed by atoms with Gasteiger partial charge in [-0.2, -0.15) is 0 Å². The van der Waals surface area contributed by atoms with Crippen LogP contribution in [0.5, 0.6) is 0 Å². The fourth-order valence-electron chi connectivity index (χ4n) is 3.44. The van der Waals surface area contributed by atoms with E-state index in [2.05, 4.69) is 22.8 Å². The SMILES string of the molecule is Cc1cc(C)c(NC(=O)CNc2ccc(C(=O)N(C)c3ccccc3)cc2)c(C)c1. The molecule has 0 heterocycles. The van der Waals surface area contributed by atoms with Crippen molar-refractivity contribution in [3.8, 4) is 0 Å². The van der Waals surface area contributed by atoms with Gasteiger partial charge in [-0.05, 0) is 68.3 Å². The number of amides is 2. The summed E-state index contributed by atoms with van der Waals surface area (Å²) >= 11 is 0. The quantitative estimate of drug-likeness (QED) is 0.615. The van der Waals surface area contributed by atoms with Crippen molar-refractivity contribution in [1.29, 1.82) is 0 Å². The number of nitrogens with one attached hydrogen (secondary N) is 2. The number of para-hydroxylation sites is 1. The van der Waals surface area contributed by atoms with Gasteiger partial charge in [-0.25, -0.2) is 0 Å². The van der Waals surface area contributed by atoms with Crippen molar-refractivity contribution in [1.82, 2.24) is 0 Å². The van der Waals surface area contributed by atoms with Crippen LogP contribution in [-0.4, -0.2) is 25.4 Å². The van der Waals surface area contributed by atoms with E-state index >= 15 is 0 Å². The second kappa shape index (κ2) is 9.27. The first-order valence-corrected chi connectivity index (χ1v) is 9.90. The molecule has 0 atom stereocenters. The lowest BCUT2D eigenvalue weighted by atomic mass is 10.1. The summed E-state index contributed by atoms with van der Waals surface area (Å²) in [5, 5.41) is 6.08. The van der Waals surface area contributed by atoms with Crippen LogP contribution in [0.15, 0.2) is 66.7 Å². The molecule has 3 aromatic carbocycles. The first-order chi connectivity index (χ1) is 14.3. The molecule has 3 rings (SSSR count). The van der Waals surface area contributed by atoms with Gasteiger partial charge in [0.2, 0.25) is 5.91 Å². The normalized spacial score (nSPS) is 10.4. The molecule has 0 aromatic heterocycles. The van der Waals surface area contributed by atoms with E-state index in [1.165, 1.54) is 5.56 Å². The van der Waals surface area contributed by atoms with Crippen LogP contribution in [0.4, 0.5) is 17.1 Å². The van der Waals surface area contributed by atoms with Gasteiger partial charge >= 0.3 is 0 Å². The van der Waals surface area contributed by atoms with Crippen molar-refractivity contribution >= 4 is 28.9 Å². The van der Waals surface area contributed by atoms with Crippen LogP contribution in [0, 0.1) is 20.8 Å². The van der Waals surface area contributed by atoms with Gasteiger partial charge in [0.05, 0.1) is 6.54 Å². The van der Waals surface area contributed by atoms with Crippen LogP contribution in [-0.2, 0) is 4.79 Å². The fourth-order valence-corrected chi connectivity index (χ4v) is 3.44. The molecule has 5 heteroatoms. The van der Waals surface area contributed by atoms with Gasteiger partial charge < -0.3 is 15.5 Å². The second-order valence-electron chi connectivity index (χ2n) is 7.45. The van der Waals surface area contributed by atoms with Gasteiger partial charge in [-0.15, -0.1) is 0 Å². The zero-order valence-corrected chi connectivity index (χ0v) is 17.8. The molecule has 0 fully saturated rings. The van der Waals surface area contributed by atoms with Crippen molar-refractivity contribution in [2.24, 2.45) is 0 Å². The molecule has 0 saturated carbocycles. The zero-order chi connectivity index (χ0) is 21.7. The number of aryl methyl sites for hydroxylation is 3. The summed E-state index contributed by atoms with van der Waals surface area (Å²) in [6.45, 7) is 6.17. The summed E-state index contributed by atoms with van der Waals surface area (Å²) in [4.78, 5) is 26.6. The van der Waals surface area contributed by atoms with Crippen molar-refractivity contribution < 1.29 is 9.59 Å². The number of hydrogen-bond donors (Lipinski definition) is 2. The molecule has 2 N–H and O–H groups in total. The first-order valence-electron chi connectivity index (χ1n) is 9.90. The smallest absolute Gasteiger partial charge is 0.258 e. The van der Waals surface area contributed by atoms with Gasteiger partial charge in [-0.3, -0.25) is 9.59 Å². The molecule has 0 unspecified atom stereocenters. The molecule has 0 saturated heterocycles. The van der Waals surface area contributed by atoms with E-state index in [-0.39, 0.29) is 18.4 Å². The minimum Gasteiger partial charge on any atom is -0.376 e. The molecule has 0 radical (unpaired) electrons. The lowest BCUT2D eigenvalue weighted by molar-refractivity contribution is -0.114. The topological polar surface area (TPSA) is 61.4 Å². The second-order valence-corrected chi connectivity index (χ2v) is 7.45. The predicted molar refractivity (Wildman–Crippen MR) is 123 cm³/mol. The number of carbonyl (C=O) groups excluding carboxylic acids is 2. The number of rotatable bonds is 6. The highest BCUT2D eigenvalue weighted by molar-refractivity contribution is 6.05. The third-order valence-electron chi connectivity index (χ3n) is 4.97. The Hall–Kier alpha value is -3.60. The average Bonchev–Trinajstić information content (AvgIpc) is 2.74. The molecular formula is C25H27N3O2. The minimum atomic E-state index is -0.117. The highest BCUT2D eigenvalue weighted by atomic mass is 16.2. The van der Waals surface area contributed by atoms with Crippen molar-refractivity contribution in [2.45, 2.75) is 20.8 Å². The number of anilines is 3. The van der Waals surface area contributed by atoms with E-state index in [9.17, 15) is 9.59 Å². The van der Waals surface area contributed by atoms with Crippen LogP contribution in [0.25, 0.3) is 0 Å². The molecular weight excluding hydrogens is 374 g/mol.